The van der Waals surface area contributed by atoms with Gasteiger partial charge in [-0.05, 0) is 36.3 Å². The summed E-state index contributed by atoms with van der Waals surface area (Å²) in [7, 11) is 0. The minimum absolute atomic E-state index is 0.568. The van der Waals surface area contributed by atoms with E-state index in [2.05, 4.69) is 32.2 Å². The normalized spacial score (nSPS) is 39.7. The second-order valence-corrected chi connectivity index (χ2v) is 6.16. The summed E-state index contributed by atoms with van der Waals surface area (Å²) in [5, 5.41) is 0.950. The summed E-state index contributed by atoms with van der Waals surface area (Å²) < 4.78 is 0. The van der Waals surface area contributed by atoms with E-state index >= 15 is 0 Å². The smallest absolute Gasteiger partial charge is 0.00870 e. The summed E-state index contributed by atoms with van der Waals surface area (Å²) in [6.07, 6.45) is 3.96. The summed E-state index contributed by atoms with van der Waals surface area (Å²) in [5.41, 5.74) is 2.06. The Labute approximate surface area is 79.8 Å². The lowest BCUT2D eigenvalue weighted by Crippen LogP contribution is -2.29. The lowest BCUT2D eigenvalue weighted by Gasteiger charge is -2.34. The van der Waals surface area contributed by atoms with Crippen LogP contribution in [0.1, 0.15) is 33.1 Å². The molecule has 2 aliphatic rings. The molecule has 0 N–H and O–H groups in total. The van der Waals surface area contributed by atoms with Gasteiger partial charge in [-0.15, -0.1) is 0 Å². The summed E-state index contributed by atoms with van der Waals surface area (Å²) in [6, 6.07) is 0. The van der Waals surface area contributed by atoms with Gasteiger partial charge in [-0.25, -0.2) is 0 Å². The van der Waals surface area contributed by atoms with Crippen LogP contribution in [0.2, 0.25) is 0 Å². The third-order valence-electron chi connectivity index (χ3n) is 3.41. The highest BCUT2D eigenvalue weighted by molar-refractivity contribution is 8.00. The minimum atomic E-state index is 0.568. The molecule has 0 nitrogen and oxygen atoms in total. The minimum Gasteiger partial charge on any atom is -0.158 e. The first kappa shape index (κ1) is 8.68. The molecule has 1 aliphatic heterocycles. The second kappa shape index (κ2) is 2.80. The molecule has 2 rings (SSSR count). The van der Waals surface area contributed by atoms with Gasteiger partial charge in [0.25, 0.3) is 0 Å². The van der Waals surface area contributed by atoms with Crippen LogP contribution in [-0.4, -0.2) is 11.0 Å². The summed E-state index contributed by atoms with van der Waals surface area (Å²) in [5.74, 6) is 2.28. The van der Waals surface area contributed by atoms with Gasteiger partial charge in [-0.1, -0.05) is 26.0 Å². The largest absolute Gasteiger partial charge is 0.158 e. The number of allylic oxidation sites excluding steroid dienone is 1. The number of hydrogen-bond acceptors (Lipinski definition) is 1. The molecule has 1 heteroatoms. The van der Waals surface area contributed by atoms with Crippen LogP contribution in [0.3, 0.4) is 0 Å². The van der Waals surface area contributed by atoms with Crippen molar-refractivity contribution in [1.29, 1.82) is 0 Å². The van der Waals surface area contributed by atoms with E-state index in [1.807, 2.05) is 0 Å². The van der Waals surface area contributed by atoms with Crippen molar-refractivity contribution < 1.29 is 0 Å². The Morgan fingerprint density at radius 2 is 2.25 bits per heavy atom. The van der Waals surface area contributed by atoms with E-state index in [9.17, 15) is 0 Å². The molecule has 2 atom stereocenters. The van der Waals surface area contributed by atoms with Crippen LogP contribution in [0.5, 0.6) is 0 Å². The number of fused-ring (bicyclic) bond motifs is 1. The topological polar surface area (TPSA) is 0 Å². The van der Waals surface area contributed by atoms with Crippen molar-refractivity contribution in [1.82, 2.24) is 0 Å². The van der Waals surface area contributed by atoms with Crippen molar-refractivity contribution in [2.24, 2.45) is 11.3 Å². The fraction of sp³-hybridized carbons (Fsp3) is 0.818. The zero-order chi connectivity index (χ0) is 8.77. The third-order valence-corrected chi connectivity index (χ3v) is 5.32. The van der Waals surface area contributed by atoms with Crippen molar-refractivity contribution in [3.05, 3.63) is 12.2 Å². The Kier molecular flexibility index (Phi) is 2.02. The maximum atomic E-state index is 4.13. The molecule has 2 fully saturated rings. The quantitative estimate of drug-likeness (QED) is 0.517. The van der Waals surface area contributed by atoms with Crippen LogP contribution in [0.25, 0.3) is 0 Å². The Morgan fingerprint density at radius 3 is 3.00 bits per heavy atom. The molecule has 68 valence electrons. The van der Waals surface area contributed by atoms with Crippen LogP contribution in [0.15, 0.2) is 12.2 Å². The zero-order valence-electron chi connectivity index (χ0n) is 8.10. The van der Waals surface area contributed by atoms with Crippen molar-refractivity contribution in [2.45, 2.75) is 38.4 Å². The highest BCUT2D eigenvalue weighted by Crippen LogP contribution is 2.52. The molecule has 0 aromatic rings. The molecule has 1 heterocycles. The molecule has 0 aromatic heterocycles. The molecule has 0 bridgehead atoms. The predicted molar refractivity (Wildman–Crippen MR) is 56.5 cm³/mol. The molecule has 1 saturated carbocycles. The second-order valence-electron chi connectivity index (χ2n) is 4.94. The average Bonchev–Trinajstić information content (AvgIpc) is 2.28. The Morgan fingerprint density at radius 1 is 1.50 bits per heavy atom. The van der Waals surface area contributed by atoms with Crippen molar-refractivity contribution >= 4 is 11.8 Å². The van der Waals surface area contributed by atoms with Gasteiger partial charge in [-0.3, -0.25) is 0 Å². The molecule has 0 radical (unpaired) electrons. The van der Waals surface area contributed by atoms with Crippen molar-refractivity contribution in [2.75, 3.05) is 5.75 Å². The van der Waals surface area contributed by atoms with Crippen LogP contribution < -0.4 is 0 Å². The van der Waals surface area contributed by atoms with Gasteiger partial charge in [0.15, 0.2) is 0 Å². The van der Waals surface area contributed by atoms with Gasteiger partial charge in [0, 0.05) is 5.25 Å². The van der Waals surface area contributed by atoms with Crippen LogP contribution in [-0.2, 0) is 0 Å². The Bertz CT molecular complexity index is 205. The number of rotatable bonds is 0. The van der Waals surface area contributed by atoms with E-state index in [1.165, 1.54) is 30.6 Å². The van der Waals surface area contributed by atoms with Gasteiger partial charge >= 0.3 is 0 Å². The summed E-state index contributed by atoms with van der Waals surface area (Å²) in [4.78, 5) is 0. The van der Waals surface area contributed by atoms with Gasteiger partial charge in [0.2, 0.25) is 0 Å². The van der Waals surface area contributed by atoms with E-state index in [1.54, 1.807) is 0 Å². The molecule has 0 spiro atoms. The SMILES string of the molecule is C=C1CCC2SCC(C)(C)C2C1. The fourth-order valence-electron chi connectivity index (χ4n) is 2.50. The van der Waals surface area contributed by atoms with Gasteiger partial charge < -0.3 is 0 Å². The lowest BCUT2D eigenvalue weighted by molar-refractivity contribution is 0.237. The van der Waals surface area contributed by atoms with E-state index in [-0.39, 0.29) is 0 Å². The maximum absolute atomic E-state index is 4.13. The monoisotopic (exact) mass is 182 g/mol. The maximum Gasteiger partial charge on any atom is 0.00870 e. The van der Waals surface area contributed by atoms with Crippen LogP contribution >= 0.6 is 11.8 Å². The molecule has 1 saturated heterocycles. The molecular formula is C11H18S. The highest BCUT2D eigenvalue weighted by atomic mass is 32.2. The zero-order valence-corrected chi connectivity index (χ0v) is 8.91. The van der Waals surface area contributed by atoms with Gasteiger partial charge in [0.1, 0.15) is 0 Å². The predicted octanol–water partition coefficient (Wildman–Crippen LogP) is 3.48. The van der Waals surface area contributed by atoms with E-state index in [0.717, 1.165) is 11.2 Å². The lowest BCUT2D eigenvalue weighted by atomic mass is 9.71. The Balaban J connectivity index is 2.15. The number of thioether (sulfide) groups is 1. The summed E-state index contributed by atoms with van der Waals surface area (Å²) >= 11 is 2.19. The molecule has 2 unspecified atom stereocenters. The van der Waals surface area contributed by atoms with Gasteiger partial charge in [0.05, 0.1) is 0 Å². The standard InChI is InChI=1S/C11H18S/c1-8-4-5-10-9(6-8)11(2,3)7-12-10/h9-10H,1,4-7H2,2-3H3. The first-order chi connectivity index (χ1) is 5.59. The molecule has 0 amide bonds. The highest BCUT2D eigenvalue weighted by Gasteiger charge is 2.43. The third kappa shape index (κ3) is 1.32. The molecular weight excluding hydrogens is 164 g/mol. The first-order valence-corrected chi connectivity index (χ1v) is 5.93. The fourth-order valence-corrected chi connectivity index (χ4v) is 4.34. The molecule has 1 aliphatic carbocycles. The van der Waals surface area contributed by atoms with E-state index in [4.69, 9.17) is 0 Å². The number of hydrogen-bond donors (Lipinski definition) is 0. The van der Waals surface area contributed by atoms with E-state index in [0.29, 0.717) is 5.41 Å². The van der Waals surface area contributed by atoms with Crippen molar-refractivity contribution in [3.63, 3.8) is 0 Å². The first-order valence-electron chi connectivity index (χ1n) is 4.88. The molecule has 0 aromatic carbocycles. The van der Waals surface area contributed by atoms with Crippen LogP contribution in [0, 0.1) is 11.3 Å². The van der Waals surface area contributed by atoms with Crippen LogP contribution in [0.4, 0.5) is 0 Å². The Hall–Kier alpha value is 0.0900. The molecule has 12 heavy (non-hydrogen) atoms. The van der Waals surface area contributed by atoms with Gasteiger partial charge in [-0.2, -0.15) is 11.8 Å². The van der Waals surface area contributed by atoms with Crippen molar-refractivity contribution in [3.8, 4) is 0 Å². The summed E-state index contributed by atoms with van der Waals surface area (Å²) in [6.45, 7) is 8.97. The average molecular weight is 182 g/mol. The van der Waals surface area contributed by atoms with E-state index < -0.39 is 0 Å².